The minimum absolute atomic E-state index is 0.0583. The van der Waals surface area contributed by atoms with Gasteiger partial charge in [-0.3, -0.25) is 9.69 Å². The van der Waals surface area contributed by atoms with Crippen LogP contribution in [0.25, 0.3) is 0 Å². The van der Waals surface area contributed by atoms with E-state index in [1.165, 1.54) is 20.0 Å². The largest absolute Gasteiger partial charge is 0.469 e. The van der Waals surface area contributed by atoms with E-state index >= 15 is 0 Å². The molecule has 0 aliphatic carbocycles. The van der Waals surface area contributed by atoms with Crippen molar-refractivity contribution in [1.82, 2.24) is 4.90 Å². The van der Waals surface area contributed by atoms with Crippen LogP contribution in [0.1, 0.15) is 25.7 Å². The van der Waals surface area contributed by atoms with Crippen molar-refractivity contribution in [3.05, 3.63) is 0 Å². The molecule has 0 amide bonds. The van der Waals surface area contributed by atoms with Crippen molar-refractivity contribution in [2.24, 2.45) is 5.92 Å². The molecule has 2 atom stereocenters. The zero-order valence-electron chi connectivity index (χ0n) is 9.98. The number of hydrogen-bond donors (Lipinski definition) is 0. The van der Waals surface area contributed by atoms with Gasteiger partial charge in [0, 0.05) is 19.7 Å². The van der Waals surface area contributed by atoms with Gasteiger partial charge in [0.05, 0.1) is 19.1 Å². The van der Waals surface area contributed by atoms with Gasteiger partial charge < -0.3 is 9.47 Å². The van der Waals surface area contributed by atoms with Gasteiger partial charge in [0.25, 0.3) is 0 Å². The number of hydrogen-bond acceptors (Lipinski definition) is 4. The van der Waals surface area contributed by atoms with E-state index in [4.69, 9.17) is 9.47 Å². The number of nitrogens with zero attached hydrogens (tertiary/aromatic N) is 1. The minimum Gasteiger partial charge on any atom is -0.469 e. The second kappa shape index (κ2) is 5.64. The number of ether oxygens (including phenoxy) is 2. The average Bonchev–Trinajstić information content (AvgIpc) is 2.81. The van der Waals surface area contributed by atoms with Gasteiger partial charge in [-0.05, 0) is 32.2 Å². The van der Waals surface area contributed by atoms with Crippen molar-refractivity contribution >= 4 is 5.97 Å². The average molecular weight is 227 g/mol. The highest BCUT2D eigenvalue weighted by molar-refractivity contribution is 5.72. The fourth-order valence-electron chi connectivity index (χ4n) is 2.66. The van der Waals surface area contributed by atoms with E-state index in [-0.39, 0.29) is 11.9 Å². The molecule has 0 aromatic carbocycles. The maximum absolute atomic E-state index is 11.5. The maximum atomic E-state index is 11.5. The van der Waals surface area contributed by atoms with Crippen LogP contribution in [0.2, 0.25) is 0 Å². The van der Waals surface area contributed by atoms with Crippen LogP contribution in [0.3, 0.4) is 0 Å². The summed E-state index contributed by atoms with van der Waals surface area (Å²) in [5, 5.41) is 0. The van der Waals surface area contributed by atoms with Crippen molar-refractivity contribution in [2.75, 3.05) is 33.4 Å². The summed E-state index contributed by atoms with van der Waals surface area (Å²) in [5.41, 5.74) is 0. The third kappa shape index (κ3) is 2.95. The Morgan fingerprint density at radius 2 is 2.31 bits per heavy atom. The fourth-order valence-corrected chi connectivity index (χ4v) is 2.66. The quantitative estimate of drug-likeness (QED) is 0.676. The lowest BCUT2D eigenvalue weighted by Crippen LogP contribution is -2.42. The highest BCUT2D eigenvalue weighted by atomic mass is 16.5. The molecule has 2 fully saturated rings. The lowest BCUT2D eigenvalue weighted by Gasteiger charge is -2.32. The van der Waals surface area contributed by atoms with Crippen molar-refractivity contribution in [3.63, 3.8) is 0 Å². The van der Waals surface area contributed by atoms with E-state index in [0.29, 0.717) is 6.10 Å². The SMILES string of the molecule is COC(=O)[C@H]1CCCN(CC2CCCO2)C1. The molecule has 2 rings (SSSR count). The van der Waals surface area contributed by atoms with Crippen molar-refractivity contribution in [1.29, 1.82) is 0 Å². The summed E-state index contributed by atoms with van der Waals surface area (Å²) < 4.78 is 10.4. The number of rotatable bonds is 3. The standard InChI is InChI=1S/C12H21NO3/c1-15-12(14)10-4-2-6-13(8-10)9-11-5-3-7-16-11/h10-11H,2-9H2,1H3/t10-,11?/m0/s1. The van der Waals surface area contributed by atoms with E-state index in [9.17, 15) is 4.79 Å². The Bertz CT molecular complexity index is 238. The highest BCUT2D eigenvalue weighted by Crippen LogP contribution is 2.20. The highest BCUT2D eigenvalue weighted by Gasteiger charge is 2.28. The number of esters is 1. The van der Waals surface area contributed by atoms with Gasteiger partial charge in [-0.15, -0.1) is 0 Å². The summed E-state index contributed by atoms with van der Waals surface area (Å²) >= 11 is 0. The van der Waals surface area contributed by atoms with Crippen molar-refractivity contribution < 1.29 is 14.3 Å². The molecule has 16 heavy (non-hydrogen) atoms. The number of likely N-dealkylation sites (tertiary alicyclic amines) is 1. The van der Waals surface area contributed by atoms with Crippen LogP contribution in [-0.4, -0.2) is 50.3 Å². The molecule has 4 nitrogen and oxygen atoms in total. The molecule has 1 unspecified atom stereocenters. The predicted molar refractivity (Wildman–Crippen MR) is 60.2 cm³/mol. The van der Waals surface area contributed by atoms with Crippen LogP contribution in [-0.2, 0) is 14.3 Å². The molecule has 2 aliphatic rings. The second-order valence-corrected chi connectivity index (χ2v) is 4.76. The van der Waals surface area contributed by atoms with Gasteiger partial charge in [0.1, 0.15) is 0 Å². The summed E-state index contributed by atoms with van der Waals surface area (Å²) in [6.07, 6.45) is 4.79. The molecule has 0 N–H and O–H groups in total. The Labute approximate surface area is 96.9 Å². The van der Waals surface area contributed by atoms with Crippen LogP contribution >= 0.6 is 0 Å². The van der Waals surface area contributed by atoms with E-state index < -0.39 is 0 Å². The normalized spacial score (nSPS) is 31.6. The van der Waals surface area contributed by atoms with Crippen LogP contribution in [0.15, 0.2) is 0 Å². The molecule has 2 aliphatic heterocycles. The van der Waals surface area contributed by atoms with E-state index in [0.717, 1.165) is 39.1 Å². The monoisotopic (exact) mass is 227 g/mol. The summed E-state index contributed by atoms with van der Waals surface area (Å²) in [6, 6.07) is 0. The maximum Gasteiger partial charge on any atom is 0.309 e. The number of carbonyl (C=O) groups is 1. The zero-order valence-corrected chi connectivity index (χ0v) is 9.98. The Morgan fingerprint density at radius 3 is 3.00 bits per heavy atom. The molecule has 2 saturated heterocycles. The lowest BCUT2D eigenvalue weighted by molar-refractivity contribution is -0.147. The molecular formula is C12H21NO3. The Hall–Kier alpha value is -0.610. The van der Waals surface area contributed by atoms with Crippen molar-refractivity contribution in [3.8, 4) is 0 Å². The van der Waals surface area contributed by atoms with Gasteiger partial charge in [0.2, 0.25) is 0 Å². The topological polar surface area (TPSA) is 38.8 Å². The summed E-state index contributed by atoms with van der Waals surface area (Å²) in [4.78, 5) is 13.8. The number of carbonyl (C=O) groups excluding carboxylic acids is 1. The Kier molecular flexibility index (Phi) is 4.18. The molecule has 0 aromatic rings. The number of piperidine rings is 1. The van der Waals surface area contributed by atoms with Gasteiger partial charge >= 0.3 is 5.97 Å². The first-order valence-electron chi connectivity index (χ1n) is 6.21. The zero-order chi connectivity index (χ0) is 11.4. The molecule has 0 bridgehead atoms. The van der Waals surface area contributed by atoms with E-state index in [1.54, 1.807) is 0 Å². The lowest BCUT2D eigenvalue weighted by atomic mass is 9.98. The van der Waals surface area contributed by atoms with Gasteiger partial charge in [-0.25, -0.2) is 0 Å². The summed E-state index contributed by atoms with van der Waals surface area (Å²) in [7, 11) is 1.47. The molecular weight excluding hydrogens is 206 g/mol. The van der Waals surface area contributed by atoms with Gasteiger partial charge in [-0.2, -0.15) is 0 Å². The molecule has 0 aromatic heterocycles. The first-order valence-corrected chi connectivity index (χ1v) is 6.21. The van der Waals surface area contributed by atoms with Gasteiger partial charge in [0.15, 0.2) is 0 Å². The molecule has 4 heteroatoms. The first-order chi connectivity index (χ1) is 7.79. The van der Waals surface area contributed by atoms with Gasteiger partial charge in [-0.1, -0.05) is 0 Å². The van der Waals surface area contributed by atoms with Crippen LogP contribution in [0.5, 0.6) is 0 Å². The predicted octanol–water partition coefficient (Wildman–Crippen LogP) is 1.05. The minimum atomic E-state index is -0.0583. The third-order valence-electron chi connectivity index (χ3n) is 3.53. The molecule has 0 spiro atoms. The third-order valence-corrected chi connectivity index (χ3v) is 3.53. The molecule has 2 heterocycles. The summed E-state index contributed by atoms with van der Waals surface area (Å²) in [6.45, 7) is 3.81. The van der Waals surface area contributed by atoms with Crippen LogP contribution < -0.4 is 0 Å². The Balaban J connectivity index is 1.79. The smallest absolute Gasteiger partial charge is 0.309 e. The fraction of sp³-hybridized carbons (Fsp3) is 0.917. The Morgan fingerprint density at radius 1 is 1.44 bits per heavy atom. The van der Waals surface area contributed by atoms with E-state index in [1.807, 2.05) is 0 Å². The summed E-state index contributed by atoms with van der Waals surface area (Å²) in [5.74, 6) is 0.0113. The van der Waals surface area contributed by atoms with E-state index in [2.05, 4.69) is 4.90 Å². The second-order valence-electron chi connectivity index (χ2n) is 4.76. The van der Waals surface area contributed by atoms with Crippen molar-refractivity contribution in [2.45, 2.75) is 31.8 Å². The number of methoxy groups -OCH3 is 1. The van der Waals surface area contributed by atoms with Crippen LogP contribution in [0.4, 0.5) is 0 Å². The molecule has 0 saturated carbocycles. The van der Waals surface area contributed by atoms with Crippen LogP contribution in [0, 0.1) is 5.92 Å². The molecule has 92 valence electrons. The first kappa shape index (κ1) is 11.9. The molecule has 0 radical (unpaired) electrons.